The van der Waals surface area contributed by atoms with E-state index in [9.17, 15) is 14.7 Å². The highest BCUT2D eigenvalue weighted by Crippen LogP contribution is 2.38. The van der Waals surface area contributed by atoms with Crippen molar-refractivity contribution in [3.05, 3.63) is 35.4 Å². The molecule has 1 aromatic rings. The van der Waals surface area contributed by atoms with Crippen molar-refractivity contribution in [2.45, 2.75) is 38.5 Å². The van der Waals surface area contributed by atoms with Crippen molar-refractivity contribution < 1.29 is 19.4 Å². The summed E-state index contributed by atoms with van der Waals surface area (Å²) < 4.78 is 5.92. The lowest BCUT2D eigenvalue weighted by Crippen LogP contribution is -2.58. The molecule has 6 nitrogen and oxygen atoms in total. The first-order chi connectivity index (χ1) is 11.5. The molecular weight excluding hydrogens is 308 g/mol. The van der Waals surface area contributed by atoms with Gasteiger partial charge >= 0.3 is 5.97 Å². The van der Waals surface area contributed by atoms with Crippen molar-refractivity contribution in [1.82, 2.24) is 9.80 Å². The number of ether oxygens (including phenoxy) is 1. The van der Waals surface area contributed by atoms with E-state index >= 15 is 0 Å². The van der Waals surface area contributed by atoms with Gasteiger partial charge in [-0.2, -0.15) is 0 Å². The van der Waals surface area contributed by atoms with E-state index in [1.54, 1.807) is 12.1 Å². The molecule has 1 N–H and O–H groups in total. The van der Waals surface area contributed by atoms with E-state index in [4.69, 9.17) is 4.74 Å². The fourth-order valence-corrected chi connectivity index (χ4v) is 3.61. The lowest BCUT2D eigenvalue weighted by atomic mass is 9.96. The molecule has 0 aliphatic carbocycles. The quantitative estimate of drug-likeness (QED) is 0.913. The summed E-state index contributed by atoms with van der Waals surface area (Å²) >= 11 is 0. The van der Waals surface area contributed by atoms with Crippen molar-refractivity contribution in [2.24, 2.45) is 0 Å². The Kier molecular flexibility index (Phi) is 4.60. The summed E-state index contributed by atoms with van der Waals surface area (Å²) in [5.74, 6) is -1.27. The zero-order valence-corrected chi connectivity index (χ0v) is 14.2. The Morgan fingerprint density at radius 1 is 1.25 bits per heavy atom. The Hall–Kier alpha value is -1.92. The summed E-state index contributed by atoms with van der Waals surface area (Å²) in [6.07, 6.45) is 1.28. The molecular formula is C18H24N2O4. The number of hydrogen-bond donors (Lipinski definition) is 1. The standard InChI is InChI=1S/C18H24N2O4/c1-3-19-10-8-18(9-11-19)20(15(12-24-18)17(22)23)16(21)14-6-4-13(2)5-7-14/h4-7,15H,3,8-12H2,1-2H3,(H,22,23)/t15-/m1/s1. The summed E-state index contributed by atoms with van der Waals surface area (Å²) in [6, 6.07) is 6.32. The third-order valence-corrected chi connectivity index (χ3v) is 5.15. The Bertz CT molecular complexity index is 620. The van der Waals surface area contributed by atoms with E-state index in [0.29, 0.717) is 18.4 Å². The monoisotopic (exact) mass is 332 g/mol. The molecule has 0 unspecified atom stereocenters. The number of benzene rings is 1. The number of aliphatic carboxylic acids is 1. The van der Waals surface area contributed by atoms with Crippen LogP contribution in [0, 0.1) is 6.92 Å². The van der Waals surface area contributed by atoms with Crippen LogP contribution in [0.3, 0.4) is 0 Å². The SMILES string of the molecule is CCN1CCC2(CC1)OC[C@H](C(=O)O)N2C(=O)c1ccc(C)cc1. The number of amides is 1. The van der Waals surface area contributed by atoms with Gasteiger partial charge in [-0.25, -0.2) is 4.79 Å². The van der Waals surface area contributed by atoms with E-state index in [1.165, 1.54) is 4.90 Å². The zero-order chi connectivity index (χ0) is 17.3. The van der Waals surface area contributed by atoms with E-state index < -0.39 is 17.7 Å². The lowest BCUT2D eigenvalue weighted by Gasteiger charge is -2.44. The van der Waals surface area contributed by atoms with Gasteiger partial charge in [0.15, 0.2) is 6.04 Å². The van der Waals surface area contributed by atoms with Gasteiger partial charge in [0.2, 0.25) is 0 Å². The number of carboxylic acid groups (broad SMARTS) is 1. The highest BCUT2D eigenvalue weighted by atomic mass is 16.5. The average molecular weight is 332 g/mol. The van der Waals surface area contributed by atoms with Gasteiger partial charge in [0.25, 0.3) is 5.91 Å². The summed E-state index contributed by atoms with van der Waals surface area (Å²) in [4.78, 5) is 28.5. The Balaban J connectivity index is 1.91. The second-order valence-corrected chi connectivity index (χ2v) is 6.59. The number of rotatable bonds is 3. The fraction of sp³-hybridized carbons (Fsp3) is 0.556. The van der Waals surface area contributed by atoms with Crippen LogP contribution < -0.4 is 0 Å². The summed E-state index contributed by atoms with van der Waals surface area (Å²) in [6.45, 7) is 6.67. The van der Waals surface area contributed by atoms with Crippen LogP contribution in [0.5, 0.6) is 0 Å². The average Bonchev–Trinajstić information content (AvgIpc) is 2.95. The molecule has 2 saturated heterocycles. The van der Waals surface area contributed by atoms with E-state index in [2.05, 4.69) is 11.8 Å². The van der Waals surface area contributed by atoms with Crippen molar-refractivity contribution in [3.8, 4) is 0 Å². The largest absolute Gasteiger partial charge is 0.480 e. The van der Waals surface area contributed by atoms with Crippen molar-refractivity contribution in [3.63, 3.8) is 0 Å². The second-order valence-electron chi connectivity index (χ2n) is 6.59. The van der Waals surface area contributed by atoms with E-state index in [1.807, 2.05) is 19.1 Å². The first kappa shape index (κ1) is 16.9. The molecule has 0 saturated carbocycles. The lowest BCUT2D eigenvalue weighted by molar-refractivity contribution is -0.143. The molecule has 24 heavy (non-hydrogen) atoms. The van der Waals surface area contributed by atoms with Crippen LogP contribution in [0.2, 0.25) is 0 Å². The van der Waals surface area contributed by atoms with Crippen LogP contribution in [-0.2, 0) is 9.53 Å². The molecule has 130 valence electrons. The van der Waals surface area contributed by atoms with Crippen molar-refractivity contribution in [2.75, 3.05) is 26.2 Å². The van der Waals surface area contributed by atoms with E-state index in [-0.39, 0.29) is 12.5 Å². The summed E-state index contributed by atoms with van der Waals surface area (Å²) in [7, 11) is 0. The topological polar surface area (TPSA) is 70.1 Å². The van der Waals surface area contributed by atoms with Gasteiger partial charge in [-0.15, -0.1) is 0 Å². The molecule has 0 radical (unpaired) electrons. The number of nitrogens with zero attached hydrogens (tertiary/aromatic N) is 2. The molecule has 1 spiro atoms. The first-order valence-electron chi connectivity index (χ1n) is 8.46. The third-order valence-electron chi connectivity index (χ3n) is 5.15. The van der Waals surface area contributed by atoms with E-state index in [0.717, 1.165) is 25.2 Å². The smallest absolute Gasteiger partial charge is 0.328 e. The highest BCUT2D eigenvalue weighted by Gasteiger charge is 2.53. The molecule has 0 aromatic heterocycles. The Morgan fingerprint density at radius 3 is 2.42 bits per heavy atom. The minimum absolute atomic E-state index is 0.0546. The Labute approximate surface area is 142 Å². The minimum atomic E-state index is -1.01. The minimum Gasteiger partial charge on any atom is -0.480 e. The predicted octanol–water partition coefficient (Wildman–Crippen LogP) is 1.73. The zero-order valence-electron chi connectivity index (χ0n) is 14.2. The number of carboxylic acids is 1. The van der Waals surface area contributed by atoms with Crippen LogP contribution in [-0.4, -0.2) is 64.8 Å². The molecule has 0 bridgehead atoms. The maximum atomic E-state index is 13.1. The number of piperidine rings is 1. The van der Waals surface area contributed by atoms with Gasteiger partial charge in [-0.3, -0.25) is 9.69 Å². The number of hydrogen-bond acceptors (Lipinski definition) is 4. The van der Waals surface area contributed by atoms with Gasteiger partial charge in [0, 0.05) is 31.5 Å². The van der Waals surface area contributed by atoms with Gasteiger partial charge in [0.1, 0.15) is 5.72 Å². The molecule has 2 aliphatic heterocycles. The summed E-state index contributed by atoms with van der Waals surface area (Å²) in [5, 5.41) is 9.55. The van der Waals surface area contributed by atoms with Crippen LogP contribution >= 0.6 is 0 Å². The molecule has 2 aliphatic rings. The molecule has 2 fully saturated rings. The molecule has 1 amide bonds. The predicted molar refractivity (Wildman–Crippen MR) is 88.8 cm³/mol. The van der Waals surface area contributed by atoms with Crippen molar-refractivity contribution >= 4 is 11.9 Å². The van der Waals surface area contributed by atoms with Gasteiger partial charge in [0.05, 0.1) is 6.61 Å². The van der Waals surface area contributed by atoms with Crippen LogP contribution in [0.25, 0.3) is 0 Å². The van der Waals surface area contributed by atoms with Crippen LogP contribution in [0.15, 0.2) is 24.3 Å². The highest BCUT2D eigenvalue weighted by molar-refractivity contribution is 5.97. The second kappa shape index (κ2) is 6.53. The normalized spacial score (nSPS) is 23.6. The first-order valence-corrected chi connectivity index (χ1v) is 8.46. The maximum absolute atomic E-state index is 13.1. The van der Waals surface area contributed by atoms with Gasteiger partial charge < -0.3 is 14.7 Å². The number of aryl methyl sites for hydroxylation is 1. The Morgan fingerprint density at radius 2 is 1.88 bits per heavy atom. The number of likely N-dealkylation sites (tertiary alicyclic amines) is 1. The third kappa shape index (κ3) is 2.91. The molecule has 6 heteroatoms. The maximum Gasteiger partial charge on any atom is 0.328 e. The number of carbonyl (C=O) groups excluding carboxylic acids is 1. The molecule has 2 heterocycles. The molecule has 1 aromatic carbocycles. The fourth-order valence-electron chi connectivity index (χ4n) is 3.61. The van der Waals surface area contributed by atoms with Crippen LogP contribution in [0.1, 0.15) is 35.7 Å². The number of carbonyl (C=O) groups is 2. The van der Waals surface area contributed by atoms with Gasteiger partial charge in [-0.05, 0) is 25.6 Å². The van der Waals surface area contributed by atoms with Crippen LogP contribution in [0.4, 0.5) is 0 Å². The molecule has 3 rings (SSSR count). The van der Waals surface area contributed by atoms with Gasteiger partial charge in [-0.1, -0.05) is 24.6 Å². The molecule has 1 atom stereocenters. The van der Waals surface area contributed by atoms with Crippen molar-refractivity contribution in [1.29, 1.82) is 0 Å². The summed E-state index contributed by atoms with van der Waals surface area (Å²) in [5.41, 5.74) is 0.774.